The number of pyridine rings is 1. The van der Waals surface area contributed by atoms with E-state index in [4.69, 9.17) is 11.6 Å². The topological polar surface area (TPSA) is 86.4 Å². The van der Waals surface area contributed by atoms with E-state index in [0.717, 1.165) is 32.0 Å². The Hall–Kier alpha value is -2.64. The van der Waals surface area contributed by atoms with Gasteiger partial charge in [0.05, 0.1) is 5.02 Å². The predicted octanol–water partition coefficient (Wildman–Crippen LogP) is 3.59. The van der Waals surface area contributed by atoms with E-state index in [1.54, 1.807) is 36.4 Å². The smallest absolute Gasteiger partial charge is 0.319 e. The van der Waals surface area contributed by atoms with Crippen molar-refractivity contribution in [2.75, 3.05) is 30.3 Å². The number of aromatic nitrogens is 1. The molecule has 2 heterocycles. The van der Waals surface area contributed by atoms with Crippen LogP contribution in [0.3, 0.4) is 0 Å². The van der Waals surface area contributed by atoms with E-state index >= 15 is 0 Å². The van der Waals surface area contributed by atoms with E-state index in [2.05, 4.69) is 25.8 Å². The second-order valence-electron chi connectivity index (χ2n) is 7.68. The van der Waals surface area contributed by atoms with Crippen molar-refractivity contribution in [2.24, 2.45) is 5.92 Å². The van der Waals surface area contributed by atoms with Gasteiger partial charge < -0.3 is 20.9 Å². The lowest BCUT2D eigenvalue weighted by Gasteiger charge is -2.16. The van der Waals surface area contributed by atoms with Crippen LogP contribution in [0.5, 0.6) is 0 Å². The molecule has 7 nitrogen and oxygen atoms in total. The van der Waals surface area contributed by atoms with Crippen LogP contribution in [0.25, 0.3) is 0 Å². The number of likely N-dealkylation sites (tertiary alicyclic amines) is 1. The van der Waals surface area contributed by atoms with Gasteiger partial charge in [0.1, 0.15) is 5.82 Å². The van der Waals surface area contributed by atoms with E-state index in [-0.39, 0.29) is 18.0 Å². The predicted molar refractivity (Wildman–Crippen MR) is 113 cm³/mol. The first kappa shape index (κ1) is 19.7. The number of nitrogens with one attached hydrogen (secondary N) is 3. The molecule has 29 heavy (non-hydrogen) atoms. The Bertz CT molecular complexity index is 885. The third-order valence-corrected chi connectivity index (χ3v) is 5.40. The Morgan fingerprint density at radius 2 is 2.00 bits per heavy atom. The van der Waals surface area contributed by atoms with Crippen molar-refractivity contribution in [3.05, 3.63) is 53.2 Å². The third-order valence-electron chi connectivity index (χ3n) is 5.17. The van der Waals surface area contributed by atoms with Gasteiger partial charge in [-0.2, -0.15) is 0 Å². The molecule has 3 N–H and O–H groups in total. The largest absolute Gasteiger partial charge is 0.334 e. The fraction of sp³-hybridized carbons (Fsp3) is 0.381. The minimum absolute atomic E-state index is 0.163. The summed E-state index contributed by atoms with van der Waals surface area (Å²) in [7, 11) is 0. The van der Waals surface area contributed by atoms with Crippen LogP contribution in [0.15, 0.2) is 42.6 Å². The highest BCUT2D eigenvalue weighted by atomic mass is 35.5. The maximum atomic E-state index is 12.4. The molecule has 2 aromatic rings. The van der Waals surface area contributed by atoms with Gasteiger partial charge in [-0.05, 0) is 55.5 Å². The zero-order chi connectivity index (χ0) is 20.2. The summed E-state index contributed by atoms with van der Waals surface area (Å²) in [6, 6.07) is 10.00. The number of urea groups is 1. The number of rotatable bonds is 6. The van der Waals surface area contributed by atoms with E-state index in [0.29, 0.717) is 22.1 Å². The van der Waals surface area contributed by atoms with Crippen LogP contribution in [-0.4, -0.2) is 47.5 Å². The second-order valence-corrected chi connectivity index (χ2v) is 8.12. The number of anilines is 2. The lowest BCUT2D eigenvalue weighted by atomic mass is 10.2. The Balaban J connectivity index is 1.29. The van der Waals surface area contributed by atoms with Crippen LogP contribution >= 0.6 is 11.6 Å². The van der Waals surface area contributed by atoms with E-state index in [1.807, 2.05) is 0 Å². The maximum Gasteiger partial charge on any atom is 0.319 e. The van der Waals surface area contributed by atoms with Gasteiger partial charge in [0, 0.05) is 43.1 Å². The molecule has 1 aliphatic carbocycles. The van der Waals surface area contributed by atoms with Crippen LogP contribution in [0.2, 0.25) is 5.02 Å². The van der Waals surface area contributed by atoms with E-state index < -0.39 is 0 Å². The van der Waals surface area contributed by atoms with Crippen molar-refractivity contribution in [1.82, 2.24) is 15.2 Å². The third kappa shape index (κ3) is 5.68. The normalized spacial score (nSPS) is 19.0. The number of benzene rings is 1. The number of hydrogen-bond acceptors (Lipinski definition) is 4. The molecule has 2 aliphatic rings. The number of carbonyl (C=O) groups excluding carboxylic acids is 2. The van der Waals surface area contributed by atoms with Crippen molar-refractivity contribution >= 4 is 35.0 Å². The quantitative estimate of drug-likeness (QED) is 0.675. The van der Waals surface area contributed by atoms with Gasteiger partial charge in [0.15, 0.2) is 0 Å². The summed E-state index contributed by atoms with van der Waals surface area (Å²) in [5.74, 6) is 0.961. The molecular weight excluding hydrogens is 390 g/mol. The highest BCUT2D eigenvalue weighted by Gasteiger charge is 2.29. The van der Waals surface area contributed by atoms with Crippen molar-refractivity contribution in [1.29, 1.82) is 0 Å². The summed E-state index contributed by atoms with van der Waals surface area (Å²) in [4.78, 5) is 31.3. The maximum absolute atomic E-state index is 12.4. The summed E-state index contributed by atoms with van der Waals surface area (Å²) in [5.41, 5.74) is 0.989. The number of amides is 3. The Morgan fingerprint density at radius 1 is 1.14 bits per heavy atom. The zero-order valence-corrected chi connectivity index (χ0v) is 16.8. The molecule has 4 rings (SSSR count). The molecule has 1 atom stereocenters. The van der Waals surface area contributed by atoms with E-state index in [1.165, 1.54) is 19.0 Å². The number of carbonyl (C=O) groups is 2. The fourth-order valence-corrected chi connectivity index (χ4v) is 3.62. The van der Waals surface area contributed by atoms with Crippen LogP contribution in [0.1, 0.15) is 29.6 Å². The van der Waals surface area contributed by atoms with Gasteiger partial charge in [0.25, 0.3) is 5.91 Å². The average Bonchev–Trinajstić information content (AvgIpc) is 3.41. The second kappa shape index (κ2) is 8.80. The lowest BCUT2D eigenvalue weighted by molar-refractivity contribution is 0.102. The molecule has 1 aliphatic heterocycles. The van der Waals surface area contributed by atoms with Crippen molar-refractivity contribution < 1.29 is 9.59 Å². The summed E-state index contributed by atoms with van der Waals surface area (Å²) in [6.07, 6.45) is 5.12. The Kier molecular flexibility index (Phi) is 5.97. The molecule has 1 saturated carbocycles. The molecule has 2 fully saturated rings. The highest BCUT2D eigenvalue weighted by molar-refractivity contribution is 6.30. The molecule has 0 radical (unpaired) electrons. The molecule has 3 amide bonds. The monoisotopic (exact) mass is 413 g/mol. The molecule has 1 aromatic carbocycles. The van der Waals surface area contributed by atoms with Crippen LogP contribution in [0.4, 0.5) is 16.3 Å². The number of hydrogen-bond donors (Lipinski definition) is 3. The van der Waals surface area contributed by atoms with Crippen molar-refractivity contribution in [3.8, 4) is 0 Å². The van der Waals surface area contributed by atoms with Crippen LogP contribution in [0, 0.1) is 5.92 Å². The first-order valence-electron chi connectivity index (χ1n) is 9.88. The van der Waals surface area contributed by atoms with Crippen LogP contribution in [-0.2, 0) is 0 Å². The molecule has 1 aromatic heterocycles. The summed E-state index contributed by atoms with van der Waals surface area (Å²) < 4.78 is 0. The summed E-state index contributed by atoms with van der Waals surface area (Å²) >= 11 is 5.80. The highest BCUT2D eigenvalue weighted by Crippen LogP contribution is 2.30. The molecule has 0 spiro atoms. The minimum atomic E-state index is -0.310. The first-order chi connectivity index (χ1) is 14.0. The average molecular weight is 414 g/mol. The Morgan fingerprint density at radius 3 is 2.76 bits per heavy atom. The Labute approximate surface area is 174 Å². The molecule has 0 bridgehead atoms. The number of halogens is 1. The van der Waals surface area contributed by atoms with E-state index in [9.17, 15) is 9.59 Å². The van der Waals surface area contributed by atoms with Gasteiger partial charge in [-0.3, -0.25) is 4.79 Å². The molecule has 8 heteroatoms. The van der Waals surface area contributed by atoms with Gasteiger partial charge in [-0.25, -0.2) is 9.78 Å². The molecule has 152 valence electrons. The van der Waals surface area contributed by atoms with Crippen molar-refractivity contribution in [2.45, 2.75) is 25.3 Å². The van der Waals surface area contributed by atoms with Gasteiger partial charge in [0.2, 0.25) is 0 Å². The fourth-order valence-electron chi connectivity index (χ4n) is 3.51. The van der Waals surface area contributed by atoms with Crippen molar-refractivity contribution in [3.63, 3.8) is 0 Å². The van der Waals surface area contributed by atoms with Gasteiger partial charge in [-0.1, -0.05) is 17.7 Å². The summed E-state index contributed by atoms with van der Waals surface area (Å²) in [6.45, 7) is 3.09. The number of nitrogens with zero attached hydrogens (tertiary/aromatic N) is 2. The lowest BCUT2D eigenvalue weighted by Crippen LogP contribution is -2.40. The van der Waals surface area contributed by atoms with Gasteiger partial charge >= 0.3 is 6.03 Å². The standard InChI is InChI=1S/C21H24ClN5O2/c22-16-6-7-19(23-11-16)26-20(28)15-2-1-3-17(10-15)24-21(29)25-18-8-9-27(13-18)12-14-4-5-14/h1-3,6-7,10-11,14,18H,4-5,8-9,12-13H2,(H,23,26,28)(H2,24,25,29). The molecular formula is C21H24ClN5O2. The zero-order valence-electron chi connectivity index (χ0n) is 16.0. The minimum Gasteiger partial charge on any atom is -0.334 e. The SMILES string of the molecule is O=C(Nc1cccc(C(=O)Nc2ccc(Cl)cn2)c1)NC1CCN(CC2CC2)C1. The van der Waals surface area contributed by atoms with Crippen LogP contribution < -0.4 is 16.0 Å². The van der Waals surface area contributed by atoms with Gasteiger partial charge in [-0.15, -0.1) is 0 Å². The molecule has 1 saturated heterocycles. The molecule has 1 unspecified atom stereocenters. The summed E-state index contributed by atoms with van der Waals surface area (Å²) in [5, 5.41) is 9.06. The first-order valence-corrected chi connectivity index (χ1v) is 10.3.